The predicted molar refractivity (Wildman–Crippen MR) is 98.9 cm³/mol. The first kappa shape index (κ1) is 17.1. The van der Waals surface area contributed by atoms with Crippen LogP contribution in [-0.4, -0.2) is 35.4 Å². The van der Waals surface area contributed by atoms with Crippen molar-refractivity contribution in [2.75, 3.05) is 20.8 Å². The van der Waals surface area contributed by atoms with E-state index in [9.17, 15) is 9.90 Å². The quantitative estimate of drug-likeness (QED) is 0.710. The number of hydrogen-bond acceptors (Lipinski definition) is 6. The summed E-state index contributed by atoms with van der Waals surface area (Å²) < 4.78 is 12.7. The monoisotopic (exact) mass is 375 g/mol. The summed E-state index contributed by atoms with van der Waals surface area (Å²) in [5.74, 6) is 1.19. The molecule has 1 atom stereocenters. The van der Waals surface area contributed by atoms with Gasteiger partial charge in [-0.2, -0.15) is 0 Å². The molecule has 3 N–H and O–H groups in total. The molecule has 0 bridgehead atoms. The average molecular weight is 375 g/mol. The van der Waals surface area contributed by atoms with Gasteiger partial charge in [-0.3, -0.25) is 14.3 Å². The maximum atomic E-state index is 12.7. The zero-order valence-electron chi connectivity index (χ0n) is 14.7. The molecule has 1 aromatic carbocycles. The Morgan fingerprint density at radius 3 is 2.58 bits per heavy atom. The molecule has 1 saturated carbocycles. The Morgan fingerprint density at radius 2 is 1.92 bits per heavy atom. The van der Waals surface area contributed by atoms with Crippen LogP contribution in [0.25, 0.3) is 0 Å². The van der Waals surface area contributed by atoms with Crippen molar-refractivity contribution in [2.24, 2.45) is 0 Å². The van der Waals surface area contributed by atoms with Gasteiger partial charge in [-0.05, 0) is 54.7 Å². The Balaban J connectivity index is 1.90. The fourth-order valence-electron chi connectivity index (χ4n) is 3.62. The average Bonchev–Trinajstić information content (AvgIpc) is 3.45. The Morgan fingerprint density at radius 1 is 1.23 bits per heavy atom. The van der Waals surface area contributed by atoms with E-state index < -0.39 is 6.04 Å². The summed E-state index contributed by atoms with van der Waals surface area (Å²) in [6.07, 6.45) is 2.70. The van der Waals surface area contributed by atoms with E-state index in [1.54, 1.807) is 18.8 Å². The highest BCUT2D eigenvalue weighted by atomic mass is 32.1. The highest BCUT2D eigenvalue weighted by Crippen LogP contribution is 2.42. The van der Waals surface area contributed by atoms with Gasteiger partial charge in [0, 0.05) is 12.6 Å². The second-order valence-corrected chi connectivity index (χ2v) is 7.03. The predicted octanol–water partition coefficient (Wildman–Crippen LogP) is 2.20. The Kier molecular flexibility index (Phi) is 4.24. The summed E-state index contributed by atoms with van der Waals surface area (Å²) >= 11 is 5.24. The molecule has 2 heterocycles. The van der Waals surface area contributed by atoms with Crippen LogP contribution in [0.5, 0.6) is 17.4 Å². The number of fused-ring (bicyclic) bond motifs is 1. The smallest absolute Gasteiger partial charge is 0.260 e. The van der Waals surface area contributed by atoms with E-state index in [1.807, 2.05) is 12.1 Å². The first-order valence-corrected chi connectivity index (χ1v) is 9.01. The zero-order chi connectivity index (χ0) is 18.4. The Bertz CT molecular complexity index is 978. The molecular weight excluding hydrogens is 354 g/mol. The molecule has 1 aliphatic heterocycles. The normalized spacial score (nSPS) is 19.1. The number of hydrogen-bond donors (Lipinski definition) is 3. The number of benzene rings is 1. The van der Waals surface area contributed by atoms with Crippen molar-refractivity contribution in [3.05, 3.63) is 43.9 Å². The number of methoxy groups -OCH3 is 2. The van der Waals surface area contributed by atoms with Crippen molar-refractivity contribution in [1.82, 2.24) is 14.9 Å². The van der Waals surface area contributed by atoms with E-state index >= 15 is 0 Å². The molecule has 0 unspecified atom stereocenters. The zero-order valence-corrected chi connectivity index (χ0v) is 15.5. The largest absolute Gasteiger partial charge is 0.494 e. The van der Waals surface area contributed by atoms with Crippen LogP contribution >= 0.6 is 12.2 Å². The van der Waals surface area contributed by atoms with Crippen LogP contribution in [0.3, 0.4) is 0 Å². The first-order valence-electron chi connectivity index (χ1n) is 8.61. The maximum absolute atomic E-state index is 12.7. The van der Waals surface area contributed by atoms with Crippen molar-refractivity contribution in [2.45, 2.75) is 31.3 Å². The molecule has 0 spiro atoms. The number of nitrogens with one attached hydrogen (secondary N) is 2. The molecule has 2 aromatic rings. The topological polar surface area (TPSA) is 88.5 Å². The van der Waals surface area contributed by atoms with Crippen molar-refractivity contribution >= 4 is 12.2 Å². The molecule has 26 heavy (non-hydrogen) atoms. The molecule has 7 nitrogen and oxygen atoms in total. The molecular formula is C18H21N3O4S. The first-order chi connectivity index (χ1) is 12.5. The minimum Gasteiger partial charge on any atom is -0.494 e. The molecule has 4 rings (SSSR count). The Hall–Kier alpha value is -2.32. The van der Waals surface area contributed by atoms with Gasteiger partial charge in [0.25, 0.3) is 5.56 Å². The molecule has 0 amide bonds. The minimum atomic E-state index is -0.442. The van der Waals surface area contributed by atoms with Gasteiger partial charge in [0.15, 0.2) is 16.3 Å². The van der Waals surface area contributed by atoms with Crippen LogP contribution < -0.4 is 20.3 Å². The number of aromatic nitrogens is 2. The van der Waals surface area contributed by atoms with Crippen molar-refractivity contribution < 1.29 is 14.6 Å². The van der Waals surface area contributed by atoms with Crippen molar-refractivity contribution in [3.63, 3.8) is 0 Å². The van der Waals surface area contributed by atoms with Crippen LogP contribution in [0.1, 0.15) is 41.6 Å². The third kappa shape index (κ3) is 2.69. The molecule has 8 heteroatoms. The molecule has 1 aliphatic carbocycles. The summed E-state index contributed by atoms with van der Waals surface area (Å²) in [6, 6.07) is 3.52. The molecule has 0 radical (unpaired) electrons. The van der Waals surface area contributed by atoms with E-state index in [2.05, 4.69) is 10.3 Å². The standard InChI is InChI=1S/C18H21N3O4S/c1-24-12-7-9-5-6-19-15(11(9)8-13(12)25-2)14-16(22)20-18(26)21(17(14)23)10-3-4-10/h7-8,10,15,19,23H,3-6H2,1-2H3,(H,20,22,26)/t15-/m1/s1. The second kappa shape index (κ2) is 6.44. The van der Waals surface area contributed by atoms with Gasteiger partial charge in [-0.25, -0.2) is 0 Å². The summed E-state index contributed by atoms with van der Waals surface area (Å²) in [4.78, 5) is 15.4. The van der Waals surface area contributed by atoms with E-state index in [1.165, 1.54) is 0 Å². The highest BCUT2D eigenvalue weighted by Gasteiger charge is 2.33. The Labute approximate surface area is 155 Å². The molecule has 0 saturated heterocycles. The van der Waals surface area contributed by atoms with Crippen LogP contribution in [-0.2, 0) is 6.42 Å². The van der Waals surface area contributed by atoms with Crippen LogP contribution in [0.15, 0.2) is 16.9 Å². The molecule has 1 aromatic heterocycles. The number of aromatic hydroxyl groups is 1. The van der Waals surface area contributed by atoms with Crippen LogP contribution in [0.2, 0.25) is 0 Å². The lowest BCUT2D eigenvalue weighted by Gasteiger charge is -2.29. The number of nitrogens with zero attached hydrogens (tertiary/aromatic N) is 1. The summed E-state index contributed by atoms with van der Waals surface area (Å²) in [7, 11) is 3.17. The maximum Gasteiger partial charge on any atom is 0.260 e. The highest BCUT2D eigenvalue weighted by molar-refractivity contribution is 7.71. The summed E-state index contributed by atoms with van der Waals surface area (Å²) in [5.41, 5.74) is 1.88. The van der Waals surface area contributed by atoms with Crippen molar-refractivity contribution in [3.8, 4) is 17.4 Å². The molecule has 138 valence electrons. The number of aromatic amines is 1. The third-order valence-electron chi connectivity index (χ3n) is 5.05. The second-order valence-electron chi connectivity index (χ2n) is 6.64. The number of H-pyrrole nitrogens is 1. The number of ether oxygens (including phenoxy) is 2. The number of rotatable bonds is 4. The van der Waals surface area contributed by atoms with Crippen molar-refractivity contribution in [1.29, 1.82) is 0 Å². The van der Waals surface area contributed by atoms with Gasteiger partial charge in [-0.15, -0.1) is 0 Å². The van der Waals surface area contributed by atoms with Crippen LogP contribution in [0, 0.1) is 4.77 Å². The van der Waals surface area contributed by atoms with Crippen LogP contribution in [0.4, 0.5) is 0 Å². The van der Waals surface area contributed by atoms with Gasteiger partial charge in [0.1, 0.15) is 0 Å². The SMILES string of the molecule is COc1cc2c(cc1OC)[C@H](c1c(O)n(C3CC3)c(=S)[nH]c1=O)NCC2. The minimum absolute atomic E-state index is 0.0543. The van der Waals surface area contributed by atoms with E-state index in [0.29, 0.717) is 23.6 Å². The van der Waals surface area contributed by atoms with E-state index in [-0.39, 0.29) is 22.3 Å². The lowest BCUT2D eigenvalue weighted by molar-refractivity contribution is 0.352. The molecule has 1 fully saturated rings. The van der Waals surface area contributed by atoms with E-state index in [4.69, 9.17) is 21.7 Å². The van der Waals surface area contributed by atoms with Gasteiger partial charge >= 0.3 is 0 Å². The van der Waals surface area contributed by atoms with Gasteiger partial charge in [0.05, 0.1) is 25.8 Å². The molecule has 2 aliphatic rings. The van der Waals surface area contributed by atoms with Gasteiger partial charge in [-0.1, -0.05) is 0 Å². The third-order valence-corrected chi connectivity index (χ3v) is 5.35. The fourth-order valence-corrected chi connectivity index (χ4v) is 3.95. The summed E-state index contributed by atoms with van der Waals surface area (Å²) in [6.45, 7) is 0.686. The summed E-state index contributed by atoms with van der Waals surface area (Å²) in [5, 5.41) is 14.2. The van der Waals surface area contributed by atoms with Gasteiger partial charge in [0.2, 0.25) is 5.88 Å². The lowest BCUT2D eigenvalue weighted by atomic mass is 9.90. The van der Waals surface area contributed by atoms with Gasteiger partial charge < -0.3 is 19.9 Å². The fraction of sp³-hybridized carbons (Fsp3) is 0.444. The lowest BCUT2D eigenvalue weighted by Crippen LogP contribution is -2.35. The van der Waals surface area contributed by atoms with E-state index in [0.717, 1.165) is 30.4 Å².